The number of aromatic amines is 1. The number of nitrogens with one attached hydrogen (secondary N) is 1. The first-order chi connectivity index (χ1) is 11.8. The van der Waals surface area contributed by atoms with E-state index in [4.69, 9.17) is 5.73 Å². The maximum Gasteiger partial charge on any atom is 0.249 e. The highest BCUT2D eigenvalue weighted by atomic mass is 16.1. The molecule has 3 aromatic rings. The topological polar surface area (TPSA) is 75.0 Å². The Kier molecular flexibility index (Phi) is 3.69. The first kappa shape index (κ1) is 14.8. The lowest BCUT2D eigenvalue weighted by Gasteiger charge is -2.31. The second-order valence-corrected chi connectivity index (χ2v) is 6.23. The lowest BCUT2D eigenvalue weighted by Crippen LogP contribution is -2.30. The highest BCUT2D eigenvalue weighted by Crippen LogP contribution is 2.37. The molecule has 0 unspecified atom stereocenters. The van der Waals surface area contributed by atoms with E-state index in [9.17, 15) is 4.79 Å². The summed E-state index contributed by atoms with van der Waals surface area (Å²) in [5, 5.41) is 8.57. The molecule has 0 saturated carbocycles. The molecule has 5 nitrogen and oxygen atoms in total. The average Bonchev–Trinajstić information content (AvgIpc) is 3.05. The van der Waals surface area contributed by atoms with Gasteiger partial charge in [-0.3, -0.25) is 9.89 Å². The molecule has 1 aliphatic rings. The fourth-order valence-electron chi connectivity index (χ4n) is 3.55. The Morgan fingerprint density at radius 3 is 2.62 bits per heavy atom. The molecule has 3 N–H and O–H groups in total. The van der Waals surface area contributed by atoms with E-state index in [0.717, 1.165) is 40.9 Å². The van der Waals surface area contributed by atoms with Gasteiger partial charge in [-0.15, -0.1) is 0 Å². The minimum absolute atomic E-state index is 0.420. The van der Waals surface area contributed by atoms with Gasteiger partial charge in [-0.1, -0.05) is 24.3 Å². The lowest BCUT2D eigenvalue weighted by molar-refractivity contribution is 0.100. The van der Waals surface area contributed by atoms with E-state index in [1.165, 1.54) is 19.3 Å². The number of H-pyrrole nitrogens is 1. The van der Waals surface area contributed by atoms with E-state index in [0.29, 0.717) is 5.56 Å². The molecule has 0 spiro atoms. The van der Waals surface area contributed by atoms with E-state index in [1.54, 1.807) is 6.07 Å². The third-order valence-corrected chi connectivity index (χ3v) is 4.71. The number of piperidine rings is 1. The summed E-state index contributed by atoms with van der Waals surface area (Å²) < 4.78 is 0. The summed E-state index contributed by atoms with van der Waals surface area (Å²) in [7, 11) is 0. The summed E-state index contributed by atoms with van der Waals surface area (Å²) in [5.41, 5.74) is 9.82. The molecular weight excluding hydrogens is 300 g/mol. The standard InChI is InChI=1S/C19H20N4O/c20-19(24)14-8-6-10-16(23-11-4-1-5-12-23)17(14)18-13-7-2-3-9-15(13)21-22-18/h2-3,6-10H,1,4-5,11-12H2,(H2,20,24)(H,21,22). The van der Waals surface area contributed by atoms with Crippen molar-refractivity contribution in [3.8, 4) is 11.3 Å². The zero-order valence-corrected chi connectivity index (χ0v) is 13.5. The normalized spacial score (nSPS) is 14.9. The van der Waals surface area contributed by atoms with Crippen LogP contribution in [0, 0.1) is 0 Å². The van der Waals surface area contributed by atoms with Gasteiger partial charge in [-0.25, -0.2) is 0 Å². The van der Waals surface area contributed by atoms with Gasteiger partial charge >= 0.3 is 0 Å². The quantitative estimate of drug-likeness (QED) is 0.777. The van der Waals surface area contributed by atoms with Crippen LogP contribution in [0.4, 0.5) is 5.69 Å². The van der Waals surface area contributed by atoms with E-state index < -0.39 is 5.91 Å². The second kappa shape index (κ2) is 6.00. The molecule has 1 aliphatic heterocycles. The number of rotatable bonds is 3. The first-order valence-electron chi connectivity index (χ1n) is 8.37. The molecule has 0 radical (unpaired) electrons. The Hall–Kier alpha value is -2.82. The largest absolute Gasteiger partial charge is 0.371 e. The highest BCUT2D eigenvalue weighted by Gasteiger charge is 2.23. The number of carbonyl (C=O) groups is 1. The number of amides is 1. The average molecular weight is 320 g/mol. The minimum atomic E-state index is -0.420. The fraction of sp³-hybridized carbons (Fsp3) is 0.263. The zero-order valence-electron chi connectivity index (χ0n) is 13.5. The van der Waals surface area contributed by atoms with E-state index in [1.807, 2.05) is 30.3 Å². The molecule has 1 amide bonds. The number of carbonyl (C=O) groups excluding carboxylic acids is 1. The van der Waals surface area contributed by atoms with E-state index >= 15 is 0 Å². The number of nitrogens with zero attached hydrogens (tertiary/aromatic N) is 2. The predicted molar refractivity (Wildman–Crippen MR) is 96.1 cm³/mol. The van der Waals surface area contributed by atoms with Crippen LogP contribution in [0.25, 0.3) is 22.2 Å². The van der Waals surface area contributed by atoms with Crippen molar-refractivity contribution in [2.45, 2.75) is 19.3 Å². The van der Waals surface area contributed by atoms with Gasteiger partial charge in [0, 0.05) is 29.7 Å². The van der Waals surface area contributed by atoms with Crippen molar-refractivity contribution in [2.75, 3.05) is 18.0 Å². The van der Waals surface area contributed by atoms with E-state index in [-0.39, 0.29) is 0 Å². The molecule has 122 valence electrons. The van der Waals surface area contributed by atoms with Crippen LogP contribution in [-0.4, -0.2) is 29.2 Å². The van der Waals surface area contributed by atoms with Crippen molar-refractivity contribution in [1.82, 2.24) is 10.2 Å². The molecule has 24 heavy (non-hydrogen) atoms. The number of aromatic nitrogens is 2. The molecule has 1 aromatic heterocycles. The Morgan fingerprint density at radius 2 is 1.83 bits per heavy atom. The molecule has 4 rings (SSSR count). The number of primary amides is 1. The Balaban J connectivity index is 1.96. The van der Waals surface area contributed by atoms with Gasteiger partial charge in [0.25, 0.3) is 0 Å². The number of nitrogens with two attached hydrogens (primary N) is 1. The number of anilines is 1. The van der Waals surface area contributed by atoms with Crippen molar-refractivity contribution >= 4 is 22.5 Å². The van der Waals surface area contributed by atoms with Gasteiger partial charge < -0.3 is 10.6 Å². The van der Waals surface area contributed by atoms with Gasteiger partial charge in [0.05, 0.1) is 11.1 Å². The van der Waals surface area contributed by atoms with Gasteiger partial charge in [-0.2, -0.15) is 5.10 Å². The smallest absolute Gasteiger partial charge is 0.249 e. The molecule has 1 fully saturated rings. The van der Waals surface area contributed by atoms with Crippen LogP contribution in [0.5, 0.6) is 0 Å². The summed E-state index contributed by atoms with van der Waals surface area (Å²) in [6.07, 6.45) is 3.59. The van der Waals surface area contributed by atoms with Crippen LogP contribution in [0.2, 0.25) is 0 Å². The number of para-hydroxylation sites is 1. The summed E-state index contributed by atoms with van der Waals surface area (Å²) in [4.78, 5) is 14.4. The van der Waals surface area contributed by atoms with Crippen molar-refractivity contribution < 1.29 is 4.79 Å². The SMILES string of the molecule is NC(=O)c1cccc(N2CCCCC2)c1-c1n[nH]c2ccccc12. The monoisotopic (exact) mass is 320 g/mol. The van der Waals surface area contributed by atoms with Crippen LogP contribution < -0.4 is 10.6 Å². The van der Waals surface area contributed by atoms with Crippen LogP contribution in [0.15, 0.2) is 42.5 Å². The van der Waals surface area contributed by atoms with Gasteiger partial charge in [0.2, 0.25) is 5.91 Å². The van der Waals surface area contributed by atoms with Crippen molar-refractivity contribution in [2.24, 2.45) is 5.73 Å². The van der Waals surface area contributed by atoms with Crippen LogP contribution in [0.3, 0.4) is 0 Å². The predicted octanol–water partition coefficient (Wildman–Crippen LogP) is 3.32. The molecule has 0 aliphatic carbocycles. The van der Waals surface area contributed by atoms with Gasteiger partial charge in [0.1, 0.15) is 5.69 Å². The highest BCUT2D eigenvalue weighted by molar-refractivity contribution is 6.07. The summed E-state index contributed by atoms with van der Waals surface area (Å²) in [5.74, 6) is -0.420. The lowest BCUT2D eigenvalue weighted by atomic mass is 9.97. The maximum absolute atomic E-state index is 12.1. The fourth-order valence-corrected chi connectivity index (χ4v) is 3.55. The number of hydrogen-bond donors (Lipinski definition) is 2. The number of benzene rings is 2. The van der Waals surface area contributed by atoms with Gasteiger partial charge in [0.15, 0.2) is 0 Å². The molecule has 0 bridgehead atoms. The Morgan fingerprint density at radius 1 is 1.04 bits per heavy atom. The number of hydrogen-bond acceptors (Lipinski definition) is 3. The number of fused-ring (bicyclic) bond motifs is 1. The minimum Gasteiger partial charge on any atom is -0.371 e. The molecular formula is C19H20N4O. The molecule has 2 heterocycles. The Labute approximate surface area is 140 Å². The van der Waals surface area contributed by atoms with Crippen LogP contribution in [-0.2, 0) is 0 Å². The summed E-state index contributed by atoms with van der Waals surface area (Å²) >= 11 is 0. The van der Waals surface area contributed by atoms with E-state index in [2.05, 4.69) is 21.2 Å². The third-order valence-electron chi connectivity index (χ3n) is 4.71. The molecule has 2 aromatic carbocycles. The molecule has 5 heteroatoms. The third kappa shape index (κ3) is 2.42. The summed E-state index contributed by atoms with van der Waals surface area (Å²) in [6, 6.07) is 13.7. The maximum atomic E-state index is 12.1. The molecule has 0 atom stereocenters. The van der Waals surface area contributed by atoms with Crippen molar-refractivity contribution in [3.05, 3.63) is 48.0 Å². The zero-order chi connectivity index (χ0) is 16.5. The van der Waals surface area contributed by atoms with Gasteiger partial charge in [-0.05, 0) is 37.5 Å². The first-order valence-corrected chi connectivity index (χ1v) is 8.37. The van der Waals surface area contributed by atoms with Crippen molar-refractivity contribution in [3.63, 3.8) is 0 Å². The van der Waals surface area contributed by atoms with Crippen LogP contribution in [0.1, 0.15) is 29.6 Å². The van der Waals surface area contributed by atoms with Crippen molar-refractivity contribution in [1.29, 1.82) is 0 Å². The van der Waals surface area contributed by atoms with Crippen LogP contribution >= 0.6 is 0 Å². The summed E-state index contributed by atoms with van der Waals surface area (Å²) in [6.45, 7) is 2.00. The molecule has 1 saturated heterocycles. The Bertz CT molecular complexity index is 893. The second-order valence-electron chi connectivity index (χ2n) is 6.23.